The summed E-state index contributed by atoms with van der Waals surface area (Å²) >= 11 is 1.64. The van der Waals surface area contributed by atoms with E-state index >= 15 is 0 Å². The van der Waals surface area contributed by atoms with Crippen molar-refractivity contribution in [3.05, 3.63) is 17.8 Å². The Morgan fingerprint density at radius 2 is 2.26 bits per heavy atom. The lowest BCUT2D eigenvalue weighted by molar-refractivity contribution is 0.0521. The summed E-state index contributed by atoms with van der Waals surface area (Å²) in [5.74, 6) is 1.43. The predicted molar refractivity (Wildman–Crippen MR) is 77.3 cm³/mol. The number of nitrogens with two attached hydrogens (primary N) is 1. The lowest BCUT2D eigenvalue weighted by atomic mass is 10.1. The molecule has 1 aliphatic rings. The number of anilines is 1. The van der Waals surface area contributed by atoms with Crippen LogP contribution in [-0.4, -0.2) is 23.3 Å². The van der Waals surface area contributed by atoms with Crippen molar-refractivity contribution in [2.24, 2.45) is 5.92 Å². The van der Waals surface area contributed by atoms with Crippen LogP contribution in [0.3, 0.4) is 0 Å². The first-order valence-corrected chi connectivity index (χ1v) is 7.74. The van der Waals surface area contributed by atoms with E-state index in [4.69, 9.17) is 10.5 Å². The van der Waals surface area contributed by atoms with Crippen LogP contribution in [0.5, 0.6) is 0 Å². The van der Waals surface area contributed by atoms with Gasteiger partial charge in [-0.05, 0) is 31.7 Å². The zero-order valence-corrected chi connectivity index (χ0v) is 12.0. The Balaban J connectivity index is 2.07. The smallest absolute Gasteiger partial charge is 0.340 e. The second kappa shape index (κ2) is 6.80. The maximum atomic E-state index is 11.9. The Bertz CT molecular complexity index is 445. The van der Waals surface area contributed by atoms with Crippen molar-refractivity contribution in [1.29, 1.82) is 0 Å². The quantitative estimate of drug-likeness (QED) is 0.663. The molecule has 1 aromatic heterocycles. The Morgan fingerprint density at radius 1 is 1.53 bits per heavy atom. The number of carbonyl (C=O) groups is 1. The minimum absolute atomic E-state index is 0.337. The number of aromatic nitrogens is 1. The van der Waals surface area contributed by atoms with E-state index in [1.54, 1.807) is 30.9 Å². The van der Waals surface area contributed by atoms with Crippen molar-refractivity contribution in [2.45, 2.75) is 37.6 Å². The normalized spacial score (nSPS) is 15.6. The van der Waals surface area contributed by atoms with Gasteiger partial charge >= 0.3 is 5.97 Å². The zero-order chi connectivity index (χ0) is 13.7. The second-order valence-corrected chi connectivity index (χ2v) is 5.81. The number of hydrogen-bond donors (Lipinski definition) is 1. The van der Waals surface area contributed by atoms with Crippen LogP contribution in [0.4, 0.5) is 5.69 Å². The van der Waals surface area contributed by atoms with E-state index in [2.05, 4.69) is 4.98 Å². The number of thioether (sulfide) groups is 1. The van der Waals surface area contributed by atoms with Gasteiger partial charge in [0.1, 0.15) is 5.03 Å². The van der Waals surface area contributed by atoms with Gasteiger partial charge in [0, 0.05) is 5.75 Å². The van der Waals surface area contributed by atoms with Crippen LogP contribution in [0, 0.1) is 5.92 Å². The van der Waals surface area contributed by atoms with Crippen molar-refractivity contribution in [3.8, 4) is 0 Å². The lowest BCUT2D eigenvalue weighted by Crippen LogP contribution is -2.09. The first-order chi connectivity index (χ1) is 9.20. The largest absolute Gasteiger partial charge is 0.462 e. The van der Waals surface area contributed by atoms with Gasteiger partial charge in [0.05, 0.1) is 24.1 Å². The molecule has 0 unspecified atom stereocenters. The average Bonchev–Trinajstić information content (AvgIpc) is 2.90. The maximum Gasteiger partial charge on any atom is 0.340 e. The SMILES string of the molecule is CCOC(=O)c1cc(N)cnc1SCC1CCCC1. The molecule has 0 amide bonds. The van der Waals surface area contributed by atoms with Crippen LogP contribution in [0.1, 0.15) is 43.0 Å². The Kier molecular flexibility index (Phi) is 5.07. The topological polar surface area (TPSA) is 65.2 Å². The van der Waals surface area contributed by atoms with Crippen molar-refractivity contribution in [2.75, 3.05) is 18.1 Å². The van der Waals surface area contributed by atoms with Gasteiger partial charge in [0.15, 0.2) is 0 Å². The molecule has 104 valence electrons. The molecular weight excluding hydrogens is 260 g/mol. The Morgan fingerprint density at radius 3 is 2.95 bits per heavy atom. The average molecular weight is 280 g/mol. The van der Waals surface area contributed by atoms with Crippen LogP contribution in [-0.2, 0) is 4.74 Å². The summed E-state index contributed by atoms with van der Waals surface area (Å²) in [5.41, 5.74) is 6.68. The van der Waals surface area contributed by atoms with Crippen molar-refractivity contribution >= 4 is 23.4 Å². The van der Waals surface area contributed by atoms with Crippen molar-refractivity contribution in [1.82, 2.24) is 4.98 Å². The Labute approximate surface area is 118 Å². The zero-order valence-electron chi connectivity index (χ0n) is 11.2. The number of pyridine rings is 1. The summed E-state index contributed by atoms with van der Waals surface area (Å²) in [6, 6.07) is 1.65. The molecule has 1 aliphatic carbocycles. The second-order valence-electron chi connectivity index (χ2n) is 4.80. The van der Waals surface area contributed by atoms with Crippen molar-refractivity contribution in [3.63, 3.8) is 0 Å². The molecule has 1 heterocycles. The van der Waals surface area contributed by atoms with Gasteiger partial charge in [0.2, 0.25) is 0 Å². The predicted octanol–water partition coefficient (Wildman–Crippen LogP) is 3.12. The third-order valence-corrected chi connectivity index (χ3v) is 4.53. The van der Waals surface area contributed by atoms with E-state index in [-0.39, 0.29) is 5.97 Å². The number of ether oxygens (including phenoxy) is 1. The standard InChI is InChI=1S/C14H20N2O2S/c1-2-18-14(17)12-7-11(15)8-16-13(12)19-9-10-5-3-4-6-10/h7-8,10H,2-6,9,15H2,1H3. The third-order valence-electron chi connectivity index (χ3n) is 3.30. The van der Waals surface area contributed by atoms with E-state index in [1.165, 1.54) is 25.7 Å². The van der Waals surface area contributed by atoms with E-state index in [0.29, 0.717) is 17.9 Å². The highest BCUT2D eigenvalue weighted by atomic mass is 32.2. The summed E-state index contributed by atoms with van der Waals surface area (Å²) in [7, 11) is 0. The monoisotopic (exact) mass is 280 g/mol. The first-order valence-electron chi connectivity index (χ1n) is 6.76. The van der Waals surface area contributed by atoms with E-state index < -0.39 is 0 Å². The highest BCUT2D eigenvalue weighted by Gasteiger charge is 2.19. The van der Waals surface area contributed by atoms with Gasteiger partial charge in [-0.3, -0.25) is 0 Å². The van der Waals surface area contributed by atoms with Gasteiger partial charge < -0.3 is 10.5 Å². The van der Waals surface area contributed by atoms with Crippen molar-refractivity contribution < 1.29 is 9.53 Å². The molecule has 0 aromatic carbocycles. The fourth-order valence-corrected chi connectivity index (χ4v) is 3.46. The van der Waals surface area contributed by atoms with Gasteiger partial charge in [0.25, 0.3) is 0 Å². The molecule has 1 saturated carbocycles. The minimum Gasteiger partial charge on any atom is -0.462 e. The molecule has 0 aliphatic heterocycles. The van der Waals surface area contributed by atoms with Crippen LogP contribution >= 0.6 is 11.8 Å². The highest BCUT2D eigenvalue weighted by molar-refractivity contribution is 7.99. The van der Waals surface area contributed by atoms with Crippen LogP contribution in [0.2, 0.25) is 0 Å². The van der Waals surface area contributed by atoms with Gasteiger partial charge in [-0.1, -0.05) is 12.8 Å². The first kappa shape index (κ1) is 14.2. The molecule has 2 N–H and O–H groups in total. The van der Waals surface area contributed by atoms with Crippen LogP contribution in [0.25, 0.3) is 0 Å². The summed E-state index contributed by atoms with van der Waals surface area (Å²) < 4.78 is 5.05. The minimum atomic E-state index is -0.337. The number of nitrogens with zero attached hydrogens (tertiary/aromatic N) is 1. The molecule has 0 radical (unpaired) electrons. The van der Waals surface area contributed by atoms with E-state index in [1.807, 2.05) is 0 Å². The number of nitrogen functional groups attached to an aromatic ring is 1. The Hall–Kier alpha value is -1.23. The molecular formula is C14H20N2O2S. The van der Waals surface area contributed by atoms with Gasteiger partial charge in [-0.15, -0.1) is 11.8 Å². The van der Waals surface area contributed by atoms with Crippen LogP contribution in [0.15, 0.2) is 17.3 Å². The molecule has 0 spiro atoms. The summed E-state index contributed by atoms with van der Waals surface area (Å²) in [5, 5.41) is 0.736. The fourth-order valence-electron chi connectivity index (χ4n) is 2.31. The summed E-state index contributed by atoms with van der Waals surface area (Å²) in [6.07, 6.45) is 6.82. The molecule has 0 atom stereocenters. The number of esters is 1. The maximum absolute atomic E-state index is 11.9. The molecule has 0 saturated heterocycles. The van der Waals surface area contributed by atoms with E-state index in [0.717, 1.165) is 16.7 Å². The van der Waals surface area contributed by atoms with Gasteiger partial charge in [-0.2, -0.15) is 0 Å². The molecule has 1 aromatic rings. The molecule has 19 heavy (non-hydrogen) atoms. The number of hydrogen-bond acceptors (Lipinski definition) is 5. The molecule has 1 fully saturated rings. The lowest BCUT2D eigenvalue weighted by Gasteiger charge is -2.11. The summed E-state index contributed by atoms with van der Waals surface area (Å²) in [6.45, 7) is 2.16. The molecule has 5 heteroatoms. The third kappa shape index (κ3) is 3.86. The van der Waals surface area contributed by atoms with E-state index in [9.17, 15) is 4.79 Å². The van der Waals surface area contributed by atoms with Crippen LogP contribution < -0.4 is 5.73 Å². The number of carbonyl (C=O) groups excluding carboxylic acids is 1. The molecule has 4 nitrogen and oxygen atoms in total. The number of rotatable bonds is 5. The molecule has 0 bridgehead atoms. The van der Waals surface area contributed by atoms with Gasteiger partial charge in [-0.25, -0.2) is 9.78 Å². The highest BCUT2D eigenvalue weighted by Crippen LogP contribution is 2.32. The fraction of sp³-hybridized carbons (Fsp3) is 0.571. The molecule has 2 rings (SSSR count). The summed E-state index contributed by atoms with van der Waals surface area (Å²) in [4.78, 5) is 16.2.